The van der Waals surface area contributed by atoms with Crippen molar-refractivity contribution < 1.29 is 19.1 Å². The van der Waals surface area contributed by atoms with Gasteiger partial charge in [0.1, 0.15) is 0 Å². The van der Waals surface area contributed by atoms with Gasteiger partial charge in [-0.2, -0.15) is 0 Å². The largest absolute Gasteiger partial charge is 0.462 e. The molecule has 2 rings (SSSR count). The minimum Gasteiger partial charge on any atom is -0.462 e. The highest BCUT2D eigenvalue weighted by molar-refractivity contribution is 6.21. The molecule has 1 aromatic carbocycles. The molecule has 0 atom stereocenters. The van der Waals surface area contributed by atoms with Crippen molar-refractivity contribution in [3.05, 3.63) is 47.5 Å². The number of fused-ring (bicyclic) bond motifs is 1. The van der Waals surface area contributed by atoms with Gasteiger partial charge in [0.15, 0.2) is 0 Å². The van der Waals surface area contributed by atoms with Gasteiger partial charge in [-0.05, 0) is 38.3 Å². The van der Waals surface area contributed by atoms with Gasteiger partial charge in [-0.25, -0.2) is 4.79 Å². The van der Waals surface area contributed by atoms with Gasteiger partial charge >= 0.3 is 5.97 Å². The minimum atomic E-state index is -0.365. The van der Waals surface area contributed by atoms with Crippen LogP contribution in [0.2, 0.25) is 0 Å². The molecule has 122 valence electrons. The molecule has 0 radical (unpaired) electrons. The lowest BCUT2D eigenvalue weighted by Gasteiger charge is -2.13. The molecule has 0 aromatic heterocycles. The van der Waals surface area contributed by atoms with Gasteiger partial charge < -0.3 is 4.74 Å². The molecule has 0 saturated heterocycles. The van der Waals surface area contributed by atoms with Crippen molar-refractivity contribution in [2.24, 2.45) is 0 Å². The predicted octanol–water partition coefficient (Wildman–Crippen LogP) is 2.96. The van der Waals surface area contributed by atoms with Crippen LogP contribution in [0.5, 0.6) is 0 Å². The van der Waals surface area contributed by atoms with Crippen LogP contribution in [0.25, 0.3) is 0 Å². The fraction of sp³-hybridized carbons (Fsp3) is 0.389. The first-order valence-electron chi connectivity index (χ1n) is 7.80. The van der Waals surface area contributed by atoms with Crippen LogP contribution in [0.15, 0.2) is 36.4 Å². The molecule has 5 nitrogen and oxygen atoms in total. The number of hydrogen-bond donors (Lipinski definition) is 0. The van der Waals surface area contributed by atoms with Crippen molar-refractivity contribution in [1.29, 1.82) is 0 Å². The van der Waals surface area contributed by atoms with Crippen LogP contribution in [0.4, 0.5) is 0 Å². The second-order valence-electron chi connectivity index (χ2n) is 5.64. The lowest BCUT2D eigenvalue weighted by molar-refractivity contribution is -0.139. The SMILES string of the molecule is C=C(C)C(=O)OCCCCCCN1C(=O)c2ccccc2C1=O. The average Bonchev–Trinajstić information content (AvgIpc) is 2.78. The molecule has 23 heavy (non-hydrogen) atoms. The number of nitrogens with zero attached hydrogens (tertiary/aromatic N) is 1. The Labute approximate surface area is 135 Å². The summed E-state index contributed by atoms with van der Waals surface area (Å²) in [4.78, 5) is 36.8. The number of benzene rings is 1. The number of amides is 2. The number of hydrogen-bond acceptors (Lipinski definition) is 4. The Hall–Kier alpha value is -2.43. The maximum atomic E-state index is 12.2. The third-order valence-corrected chi connectivity index (χ3v) is 3.74. The molecule has 1 aromatic rings. The molecule has 1 aliphatic heterocycles. The summed E-state index contributed by atoms with van der Waals surface area (Å²) < 4.78 is 5.00. The minimum absolute atomic E-state index is 0.207. The Balaban J connectivity index is 1.66. The van der Waals surface area contributed by atoms with E-state index in [-0.39, 0.29) is 17.8 Å². The second-order valence-corrected chi connectivity index (χ2v) is 5.64. The van der Waals surface area contributed by atoms with E-state index < -0.39 is 0 Å². The summed E-state index contributed by atoms with van der Waals surface area (Å²) in [6.07, 6.45) is 3.27. The standard InChI is InChI=1S/C18H21NO4/c1-13(2)18(22)23-12-8-4-3-7-11-19-16(20)14-9-5-6-10-15(14)17(19)21/h5-6,9-10H,1,3-4,7-8,11-12H2,2H3. The molecule has 0 aliphatic carbocycles. The fourth-order valence-corrected chi connectivity index (χ4v) is 2.46. The summed E-state index contributed by atoms with van der Waals surface area (Å²) in [5.41, 5.74) is 1.38. The summed E-state index contributed by atoms with van der Waals surface area (Å²) in [7, 11) is 0. The number of esters is 1. The number of rotatable bonds is 8. The summed E-state index contributed by atoms with van der Waals surface area (Å²) in [5, 5.41) is 0. The second kappa shape index (κ2) is 7.72. The van der Waals surface area contributed by atoms with Crippen molar-refractivity contribution in [2.75, 3.05) is 13.2 Å². The topological polar surface area (TPSA) is 63.7 Å². The molecule has 0 saturated carbocycles. The summed E-state index contributed by atoms with van der Waals surface area (Å²) in [6.45, 7) is 5.93. The first kappa shape index (κ1) is 16.9. The van der Waals surface area contributed by atoms with Crippen LogP contribution < -0.4 is 0 Å². The maximum absolute atomic E-state index is 12.2. The van der Waals surface area contributed by atoms with Gasteiger partial charge in [0.25, 0.3) is 11.8 Å². The zero-order valence-corrected chi connectivity index (χ0v) is 13.3. The Morgan fingerprint density at radius 3 is 2.17 bits per heavy atom. The lowest BCUT2D eigenvalue weighted by atomic mass is 10.1. The molecular formula is C18H21NO4. The monoisotopic (exact) mass is 315 g/mol. The van der Waals surface area contributed by atoms with Gasteiger partial charge in [-0.1, -0.05) is 25.1 Å². The highest BCUT2D eigenvalue weighted by Gasteiger charge is 2.34. The third-order valence-electron chi connectivity index (χ3n) is 3.74. The van der Waals surface area contributed by atoms with E-state index in [4.69, 9.17) is 4.74 Å². The van der Waals surface area contributed by atoms with E-state index in [1.54, 1.807) is 31.2 Å². The molecular weight excluding hydrogens is 294 g/mol. The van der Waals surface area contributed by atoms with E-state index in [2.05, 4.69) is 6.58 Å². The number of ether oxygens (including phenoxy) is 1. The average molecular weight is 315 g/mol. The first-order chi connectivity index (χ1) is 11.0. The Bertz CT molecular complexity index is 601. The van der Waals surface area contributed by atoms with E-state index in [0.717, 1.165) is 25.7 Å². The lowest BCUT2D eigenvalue weighted by Crippen LogP contribution is -2.30. The molecule has 0 fully saturated rings. The van der Waals surface area contributed by atoms with E-state index in [1.165, 1.54) is 4.90 Å². The van der Waals surface area contributed by atoms with E-state index in [0.29, 0.717) is 29.9 Å². The zero-order valence-electron chi connectivity index (χ0n) is 13.3. The highest BCUT2D eigenvalue weighted by Crippen LogP contribution is 2.22. The normalized spacial score (nSPS) is 13.2. The van der Waals surface area contributed by atoms with Crippen molar-refractivity contribution in [1.82, 2.24) is 4.90 Å². The van der Waals surface area contributed by atoms with Crippen LogP contribution in [0.1, 0.15) is 53.3 Å². The van der Waals surface area contributed by atoms with E-state index in [9.17, 15) is 14.4 Å². The first-order valence-corrected chi connectivity index (χ1v) is 7.80. The van der Waals surface area contributed by atoms with Crippen molar-refractivity contribution in [2.45, 2.75) is 32.6 Å². The molecule has 5 heteroatoms. The summed E-state index contributed by atoms with van der Waals surface area (Å²) >= 11 is 0. The third kappa shape index (κ3) is 4.06. The van der Waals surface area contributed by atoms with Crippen LogP contribution in [0.3, 0.4) is 0 Å². The summed E-state index contributed by atoms with van der Waals surface area (Å²) in [6, 6.07) is 6.90. The predicted molar refractivity (Wildman–Crippen MR) is 86.1 cm³/mol. The van der Waals surface area contributed by atoms with E-state index >= 15 is 0 Å². The van der Waals surface area contributed by atoms with Crippen LogP contribution in [-0.2, 0) is 9.53 Å². The van der Waals surface area contributed by atoms with Crippen molar-refractivity contribution in [3.63, 3.8) is 0 Å². The number of unbranched alkanes of at least 4 members (excludes halogenated alkanes) is 3. The van der Waals surface area contributed by atoms with Gasteiger partial charge in [-0.15, -0.1) is 0 Å². The van der Waals surface area contributed by atoms with Crippen LogP contribution >= 0.6 is 0 Å². The Morgan fingerprint density at radius 1 is 1.04 bits per heavy atom. The number of imide groups is 1. The van der Waals surface area contributed by atoms with Gasteiger partial charge in [-0.3, -0.25) is 14.5 Å². The number of carbonyl (C=O) groups excluding carboxylic acids is 3. The maximum Gasteiger partial charge on any atom is 0.333 e. The van der Waals surface area contributed by atoms with Gasteiger partial charge in [0.05, 0.1) is 17.7 Å². The smallest absolute Gasteiger partial charge is 0.333 e. The number of carbonyl (C=O) groups is 3. The summed E-state index contributed by atoms with van der Waals surface area (Å²) in [5.74, 6) is -0.780. The molecule has 0 spiro atoms. The molecule has 0 unspecified atom stereocenters. The van der Waals surface area contributed by atoms with Crippen LogP contribution in [0, 0.1) is 0 Å². The Morgan fingerprint density at radius 2 is 1.61 bits per heavy atom. The molecule has 2 amide bonds. The molecule has 0 bridgehead atoms. The molecule has 1 aliphatic rings. The van der Waals surface area contributed by atoms with E-state index in [1.807, 2.05) is 0 Å². The zero-order chi connectivity index (χ0) is 16.8. The quantitative estimate of drug-likeness (QED) is 0.320. The van der Waals surface area contributed by atoms with Gasteiger partial charge in [0, 0.05) is 12.1 Å². The van der Waals surface area contributed by atoms with Crippen molar-refractivity contribution >= 4 is 17.8 Å². The van der Waals surface area contributed by atoms with Crippen LogP contribution in [-0.4, -0.2) is 35.8 Å². The Kier molecular flexibility index (Phi) is 5.68. The molecule has 1 heterocycles. The molecule has 0 N–H and O–H groups in total. The van der Waals surface area contributed by atoms with Crippen molar-refractivity contribution in [3.8, 4) is 0 Å². The fourth-order valence-electron chi connectivity index (χ4n) is 2.46. The highest BCUT2D eigenvalue weighted by atomic mass is 16.5. The van der Waals surface area contributed by atoms with Gasteiger partial charge in [0.2, 0.25) is 0 Å².